The normalized spacial score (nSPS) is 13.2. The van der Waals surface area contributed by atoms with Crippen LogP contribution >= 0.6 is 0 Å². The standard InChI is InChI=1S/C23H31NO2/c1-8-21(26-22-11-14(2)9-10-15(22)3)23(25)24-19(7)20-13-17(5)16(4)12-18(20)6/h9-13,19,21H,8H2,1-7H3,(H,24,25)/t19-,21-/m0/s1. The summed E-state index contributed by atoms with van der Waals surface area (Å²) >= 11 is 0. The molecule has 0 bridgehead atoms. The molecule has 26 heavy (non-hydrogen) atoms. The number of hydrogen-bond acceptors (Lipinski definition) is 2. The van der Waals surface area contributed by atoms with Crippen LogP contribution in [0.15, 0.2) is 30.3 Å². The molecule has 0 aliphatic heterocycles. The van der Waals surface area contributed by atoms with Gasteiger partial charge in [-0.05, 0) is 87.4 Å². The van der Waals surface area contributed by atoms with Crippen LogP contribution in [0.3, 0.4) is 0 Å². The third-order valence-corrected chi connectivity index (χ3v) is 4.98. The molecule has 0 aromatic heterocycles. The summed E-state index contributed by atoms with van der Waals surface area (Å²) in [5.41, 5.74) is 7.03. The number of carbonyl (C=O) groups is 1. The van der Waals surface area contributed by atoms with Crippen LogP contribution in [0.2, 0.25) is 0 Å². The number of rotatable bonds is 6. The molecule has 0 spiro atoms. The molecule has 0 heterocycles. The van der Waals surface area contributed by atoms with Gasteiger partial charge in [0.25, 0.3) is 5.91 Å². The van der Waals surface area contributed by atoms with Crippen molar-refractivity contribution >= 4 is 5.91 Å². The Morgan fingerprint density at radius 3 is 2.27 bits per heavy atom. The molecule has 0 aliphatic carbocycles. The smallest absolute Gasteiger partial charge is 0.261 e. The van der Waals surface area contributed by atoms with Crippen LogP contribution in [0.4, 0.5) is 0 Å². The van der Waals surface area contributed by atoms with E-state index in [9.17, 15) is 4.79 Å². The molecule has 2 aromatic rings. The summed E-state index contributed by atoms with van der Waals surface area (Å²) in [5.74, 6) is 0.709. The van der Waals surface area contributed by atoms with Gasteiger partial charge in [0, 0.05) is 0 Å². The summed E-state index contributed by atoms with van der Waals surface area (Å²) in [6.45, 7) is 14.3. The van der Waals surface area contributed by atoms with Crippen molar-refractivity contribution in [3.63, 3.8) is 0 Å². The van der Waals surface area contributed by atoms with E-state index >= 15 is 0 Å². The molecule has 1 N–H and O–H groups in total. The monoisotopic (exact) mass is 353 g/mol. The fourth-order valence-electron chi connectivity index (χ4n) is 3.14. The average molecular weight is 354 g/mol. The number of carbonyl (C=O) groups excluding carboxylic acids is 1. The van der Waals surface area contributed by atoms with E-state index in [0.29, 0.717) is 6.42 Å². The first kappa shape index (κ1) is 20.0. The Kier molecular flexibility index (Phi) is 6.47. The molecule has 2 atom stereocenters. The van der Waals surface area contributed by atoms with Gasteiger partial charge in [-0.15, -0.1) is 0 Å². The molecule has 1 amide bonds. The fraction of sp³-hybridized carbons (Fsp3) is 0.435. The van der Waals surface area contributed by atoms with Gasteiger partial charge in [-0.2, -0.15) is 0 Å². The number of benzene rings is 2. The van der Waals surface area contributed by atoms with E-state index < -0.39 is 6.10 Å². The molecular formula is C23H31NO2. The van der Waals surface area contributed by atoms with Crippen molar-refractivity contribution in [3.8, 4) is 5.75 Å². The van der Waals surface area contributed by atoms with Crippen molar-refractivity contribution in [1.29, 1.82) is 0 Å². The summed E-state index contributed by atoms with van der Waals surface area (Å²) in [7, 11) is 0. The highest BCUT2D eigenvalue weighted by molar-refractivity contribution is 5.81. The Hall–Kier alpha value is -2.29. The highest BCUT2D eigenvalue weighted by Crippen LogP contribution is 2.24. The summed E-state index contributed by atoms with van der Waals surface area (Å²) in [5, 5.41) is 3.13. The van der Waals surface area contributed by atoms with Crippen LogP contribution in [0.1, 0.15) is 59.7 Å². The van der Waals surface area contributed by atoms with Gasteiger partial charge in [0.2, 0.25) is 0 Å². The average Bonchev–Trinajstić information content (AvgIpc) is 2.58. The second kappa shape index (κ2) is 8.39. The number of ether oxygens (including phenoxy) is 1. The van der Waals surface area contributed by atoms with Gasteiger partial charge in [0.05, 0.1) is 6.04 Å². The third kappa shape index (κ3) is 4.66. The highest BCUT2D eigenvalue weighted by Gasteiger charge is 2.22. The number of hydrogen-bond donors (Lipinski definition) is 1. The largest absolute Gasteiger partial charge is 0.480 e. The zero-order chi connectivity index (χ0) is 19.4. The van der Waals surface area contributed by atoms with Crippen LogP contribution in [-0.4, -0.2) is 12.0 Å². The predicted molar refractivity (Wildman–Crippen MR) is 108 cm³/mol. The lowest BCUT2D eigenvalue weighted by atomic mass is 9.96. The first-order valence-corrected chi connectivity index (χ1v) is 9.35. The maximum Gasteiger partial charge on any atom is 0.261 e. The van der Waals surface area contributed by atoms with Crippen molar-refractivity contribution in [2.75, 3.05) is 0 Å². The Balaban J connectivity index is 2.13. The van der Waals surface area contributed by atoms with Gasteiger partial charge < -0.3 is 10.1 Å². The lowest BCUT2D eigenvalue weighted by Gasteiger charge is -2.23. The molecule has 3 heteroatoms. The summed E-state index contributed by atoms with van der Waals surface area (Å²) in [6.07, 6.45) is 0.127. The maximum absolute atomic E-state index is 12.8. The molecule has 0 saturated heterocycles. The Morgan fingerprint density at radius 2 is 1.62 bits per heavy atom. The Bertz CT molecular complexity index is 795. The Labute approximate surface area is 157 Å². The van der Waals surface area contributed by atoms with E-state index in [0.717, 1.165) is 22.4 Å². The van der Waals surface area contributed by atoms with Gasteiger partial charge in [0.15, 0.2) is 6.10 Å². The lowest BCUT2D eigenvalue weighted by Crippen LogP contribution is -2.39. The molecule has 0 radical (unpaired) electrons. The van der Waals surface area contributed by atoms with Crippen LogP contribution < -0.4 is 10.1 Å². The predicted octanol–water partition coefficient (Wildman–Crippen LogP) is 5.26. The minimum atomic E-state index is -0.496. The molecular weight excluding hydrogens is 322 g/mol. The van der Waals surface area contributed by atoms with Crippen LogP contribution in [0, 0.1) is 34.6 Å². The van der Waals surface area contributed by atoms with Crippen LogP contribution in [0.5, 0.6) is 5.75 Å². The summed E-state index contributed by atoms with van der Waals surface area (Å²) in [4.78, 5) is 12.8. The van der Waals surface area contributed by atoms with E-state index in [-0.39, 0.29) is 11.9 Å². The van der Waals surface area contributed by atoms with Crippen LogP contribution in [0.25, 0.3) is 0 Å². The number of nitrogens with one attached hydrogen (secondary N) is 1. The minimum absolute atomic E-state index is 0.0574. The first-order valence-electron chi connectivity index (χ1n) is 9.35. The van der Waals surface area contributed by atoms with Crippen molar-refractivity contribution in [2.24, 2.45) is 0 Å². The fourth-order valence-corrected chi connectivity index (χ4v) is 3.14. The molecule has 0 saturated carbocycles. The second-order valence-electron chi connectivity index (χ2n) is 7.31. The van der Waals surface area contributed by atoms with Crippen LogP contribution in [-0.2, 0) is 4.79 Å². The lowest BCUT2D eigenvalue weighted by molar-refractivity contribution is -0.128. The van der Waals surface area contributed by atoms with E-state index in [4.69, 9.17) is 4.74 Å². The third-order valence-electron chi connectivity index (χ3n) is 4.98. The van der Waals surface area contributed by atoms with E-state index in [1.807, 2.05) is 45.9 Å². The molecule has 0 unspecified atom stereocenters. The zero-order valence-electron chi connectivity index (χ0n) is 17.1. The number of aryl methyl sites for hydroxylation is 5. The van der Waals surface area contributed by atoms with Crippen molar-refractivity contribution in [2.45, 2.75) is 67.0 Å². The van der Waals surface area contributed by atoms with E-state index in [1.54, 1.807) is 0 Å². The topological polar surface area (TPSA) is 38.3 Å². The van der Waals surface area contributed by atoms with Gasteiger partial charge in [0.1, 0.15) is 5.75 Å². The Morgan fingerprint density at radius 1 is 0.962 bits per heavy atom. The highest BCUT2D eigenvalue weighted by atomic mass is 16.5. The molecule has 2 aromatic carbocycles. The maximum atomic E-state index is 12.8. The van der Waals surface area contributed by atoms with Crippen molar-refractivity contribution in [3.05, 3.63) is 63.7 Å². The van der Waals surface area contributed by atoms with Gasteiger partial charge in [-0.1, -0.05) is 31.2 Å². The quantitative estimate of drug-likeness (QED) is 0.769. The summed E-state index contributed by atoms with van der Waals surface area (Å²) < 4.78 is 6.03. The number of amides is 1. The second-order valence-corrected chi connectivity index (χ2v) is 7.31. The van der Waals surface area contributed by atoms with Crippen molar-refractivity contribution < 1.29 is 9.53 Å². The molecule has 2 rings (SSSR count). The molecule has 140 valence electrons. The van der Waals surface area contributed by atoms with Gasteiger partial charge in [-0.3, -0.25) is 4.79 Å². The first-order chi connectivity index (χ1) is 12.2. The SMILES string of the molecule is CC[C@H](Oc1cc(C)ccc1C)C(=O)N[C@@H](C)c1cc(C)c(C)cc1C. The minimum Gasteiger partial charge on any atom is -0.480 e. The van der Waals surface area contributed by atoms with Crippen molar-refractivity contribution in [1.82, 2.24) is 5.32 Å². The molecule has 0 fully saturated rings. The van der Waals surface area contributed by atoms with Gasteiger partial charge in [-0.25, -0.2) is 0 Å². The van der Waals surface area contributed by atoms with Gasteiger partial charge >= 0.3 is 0 Å². The molecule has 3 nitrogen and oxygen atoms in total. The summed E-state index contributed by atoms with van der Waals surface area (Å²) in [6, 6.07) is 10.4. The zero-order valence-corrected chi connectivity index (χ0v) is 17.1. The van der Waals surface area contributed by atoms with E-state index in [1.165, 1.54) is 16.7 Å². The van der Waals surface area contributed by atoms with E-state index in [2.05, 4.69) is 38.2 Å². The molecule has 0 aliphatic rings.